The Labute approximate surface area is 763 Å². The van der Waals surface area contributed by atoms with Crippen LogP contribution < -0.4 is 57.3 Å². The van der Waals surface area contributed by atoms with Gasteiger partial charge in [-0.25, -0.2) is 19.2 Å². The standard InChI is InChI=1S/C25H46N4O10.C23H44N4O9.2C20H12O5.C2H5NO2S/c1-19(30)26-10-6-12-36-14-16-38-17-15-37-13-7-11-27-21(31)9-8-20(23(33)28-18-22(32)35-5)29-24(34)39-25(2,3)4;1-23(2,3)36-22(31)27-18(21(30)26-17-20(29)32-4)7-8-19(28)25-10-6-12-34-14-16-35-15-13-33-11-5-9-24;2*21-11-5-7-15-17(9-11)24-18-10-12(22)6-8-16(18)20(15)14-4-2-1-3-13(14)19(23)25-20;1-2(4)5-3-6/h20H,6-18H2,1-5H3,(H,26,30)(H,27,31)(H,28,33)(H,29,34);18H,5-17,24H2,1-4H3,(H,25,28)(H,26,30)(H,27,31);2*1-10,21-22H;3,6H,1H3/t20-;18-;;;/m00.../s1. The smallest absolute Gasteiger partial charge is 0.408 e. The lowest BCUT2D eigenvalue weighted by Gasteiger charge is -2.36. The number of carbonyl (C=O) groups excluding carboxylic acids is 12. The van der Waals surface area contributed by atoms with Crippen LogP contribution in [0.25, 0.3) is 0 Å². The van der Waals surface area contributed by atoms with Crippen LogP contribution in [0.4, 0.5) is 9.59 Å². The molecule has 131 heavy (non-hydrogen) atoms. The average Bonchev–Trinajstić information content (AvgIpc) is 1.55. The van der Waals surface area contributed by atoms with Gasteiger partial charge in [-0.3, -0.25) is 38.4 Å². The molecule has 40 nitrogen and oxygen atoms in total. The molecule has 0 saturated heterocycles. The van der Waals surface area contributed by atoms with Crippen LogP contribution in [0.2, 0.25) is 0 Å². The van der Waals surface area contributed by atoms with E-state index in [1.165, 1.54) is 76.6 Å². The molecule has 6 aromatic rings. The van der Waals surface area contributed by atoms with Gasteiger partial charge in [-0.2, -0.15) is 0 Å². The van der Waals surface area contributed by atoms with Crippen molar-refractivity contribution in [2.24, 2.45) is 5.73 Å². The number of carbonyl (C=O) groups is 12. The van der Waals surface area contributed by atoms with E-state index in [4.69, 9.17) is 62.6 Å². The minimum absolute atomic E-state index is 0.00490. The Hall–Kier alpha value is -12.6. The van der Waals surface area contributed by atoms with E-state index in [9.17, 15) is 78.0 Å². The Balaban J connectivity index is 0.000000266. The monoisotopic (exact) mass is 1850 g/mol. The summed E-state index contributed by atoms with van der Waals surface area (Å²) in [4.78, 5) is 147. The summed E-state index contributed by atoms with van der Waals surface area (Å²) in [5.41, 5.74) is 6.41. The van der Waals surface area contributed by atoms with Crippen molar-refractivity contribution in [3.63, 3.8) is 0 Å². The van der Waals surface area contributed by atoms with E-state index in [1.807, 2.05) is 29.2 Å². The third-order valence-corrected chi connectivity index (χ3v) is 18.6. The molecular formula is C90H119N9O31S. The first kappa shape index (κ1) is 107. The molecular weight excluding hydrogens is 1740 g/mol. The summed E-state index contributed by atoms with van der Waals surface area (Å²) in [6.07, 6.45) is 1.12. The number of nitrogens with one attached hydrogen (secondary N) is 8. The van der Waals surface area contributed by atoms with Crippen LogP contribution >= 0.6 is 12.8 Å². The molecule has 0 radical (unpaired) electrons. The number of aromatic hydroxyl groups is 4. The Kier molecular flexibility index (Phi) is 44.8. The topological polar surface area (TPSA) is 546 Å². The number of hydrogen-bond acceptors (Lipinski definition) is 34. The second-order valence-corrected chi connectivity index (χ2v) is 31.1. The molecule has 2 atom stereocenters. The van der Waals surface area contributed by atoms with Crippen molar-refractivity contribution in [3.05, 3.63) is 166 Å². The zero-order valence-corrected chi connectivity index (χ0v) is 75.8. The van der Waals surface area contributed by atoms with Crippen LogP contribution in [0.15, 0.2) is 121 Å². The van der Waals surface area contributed by atoms with Crippen molar-refractivity contribution in [3.8, 4) is 46.0 Å². The van der Waals surface area contributed by atoms with Gasteiger partial charge < -0.3 is 135 Å². The van der Waals surface area contributed by atoms with Gasteiger partial charge >= 0.3 is 42.0 Å². The maximum atomic E-state index is 12.5. The summed E-state index contributed by atoms with van der Waals surface area (Å²) in [5, 5.41) is 57.1. The molecule has 0 bridgehead atoms. The summed E-state index contributed by atoms with van der Waals surface area (Å²) >= 11 is 3.37. The molecule has 41 heteroatoms. The predicted molar refractivity (Wildman–Crippen MR) is 472 cm³/mol. The highest BCUT2D eigenvalue weighted by Crippen LogP contribution is 2.59. The molecule has 14 N–H and O–H groups in total. The van der Waals surface area contributed by atoms with Gasteiger partial charge in [-0.15, -0.1) is 0 Å². The molecule has 0 unspecified atom stereocenters. The lowest BCUT2D eigenvalue weighted by Crippen LogP contribution is -2.49. The Morgan fingerprint density at radius 1 is 0.427 bits per heavy atom. The third kappa shape index (κ3) is 35.6. The molecule has 0 aromatic heterocycles. The fraction of sp³-hybridized carbons (Fsp3) is 0.467. The maximum Gasteiger partial charge on any atom is 0.408 e. The Bertz CT molecular complexity index is 4520. The van der Waals surface area contributed by atoms with Gasteiger partial charge in [-0.05, 0) is 147 Å². The van der Waals surface area contributed by atoms with Crippen molar-refractivity contribution < 1.29 is 149 Å². The molecule has 7 amide bonds. The molecule has 2 spiro atoms. The Morgan fingerprint density at radius 2 is 0.740 bits per heavy atom. The zero-order valence-electron chi connectivity index (χ0n) is 74.9. The van der Waals surface area contributed by atoms with Crippen molar-refractivity contribution in [1.82, 2.24) is 42.1 Å². The molecule has 0 fully saturated rings. The summed E-state index contributed by atoms with van der Waals surface area (Å²) in [6, 6.07) is 31.0. The number of methoxy groups -OCH3 is 2. The van der Waals surface area contributed by atoms with Crippen LogP contribution in [0.1, 0.15) is 161 Å². The number of phenolic OH excluding ortho intramolecular Hbond substituents is 4. The summed E-state index contributed by atoms with van der Waals surface area (Å²) in [7, 11) is 2.38. The number of phenols is 4. The molecule has 0 aliphatic carbocycles. The first-order valence-corrected chi connectivity index (χ1v) is 42.5. The molecule has 6 aromatic carbocycles. The molecule has 4 heterocycles. The summed E-state index contributed by atoms with van der Waals surface area (Å²) in [6.45, 7) is 19.8. The number of benzene rings is 6. The van der Waals surface area contributed by atoms with E-state index < -0.39 is 88.3 Å². The lowest BCUT2D eigenvalue weighted by molar-refractivity contribution is -0.144. The molecule has 10 rings (SSSR count). The Morgan fingerprint density at radius 3 is 1.03 bits per heavy atom. The van der Waals surface area contributed by atoms with Gasteiger partial charge in [-0.1, -0.05) is 54.1 Å². The number of nitrogens with two attached hydrogens (primary N) is 1. The van der Waals surface area contributed by atoms with Crippen LogP contribution in [0, 0.1) is 0 Å². The van der Waals surface area contributed by atoms with E-state index in [1.54, 1.807) is 90.1 Å². The van der Waals surface area contributed by atoms with Gasteiger partial charge in [0.15, 0.2) is 11.2 Å². The second-order valence-electron chi connectivity index (χ2n) is 31.0. The highest BCUT2D eigenvalue weighted by molar-refractivity contribution is 7.77. The second kappa shape index (κ2) is 54.8. The van der Waals surface area contributed by atoms with Gasteiger partial charge in [0.25, 0.3) is 0 Å². The number of ether oxygens (including phenoxy) is 14. The van der Waals surface area contributed by atoms with Crippen molar-refractivity contribution in [1.29, 1.82) is 0 Å². The molecule has 4 aliphatic heterocycles. The van der Waals surface area contributed by atoms with Gasteiger partial charge in [0.2, 0.25) is 29.5 Å². The van der Waals surface area contributed by atoms with Gasteiger partial charge in [0.05, 0.1) is 78.2 Å². The normalized spacial score (nSPS) is 13.1. The van der Waals surface area contributed by atoms with Gasteiger partial charge in [0.1, 0.15) is 82.4 Å². The van der Waals surface area contributed by atoms with Crippen LogP contribution in [0.3, 0.4) is 0 Å². The lowest BCUT2D eigenvalue weighted by atomic mass is 9.77. The number of rotatable bonds is 42. The van der Waals surface area contributed by atoms with Crippen molar-refractivity contribution >= 4 is 84.4 Å². The van der Waals surface area contributed by atoms with Crippen LogP contribution in [-0.2, 0) is 111 Å². The summed E-state index contributed by atoms with van der Waals surface area (Å²) < 4.78 is 75.2. The average molecular weight is 1860 g/mol. The molecule has 4 aliphatic rings. The fourth-order valence-electron chi connectivity index (χ4n) is 12.8. The summed E-state index contributed by atoms with van der Waals surface area (Å²) in [5.74, 6) is -2.77. The van der Waals surface area contributed by atoms with Crippen LogP contribution in [-0.4, -0.2) is 248 Å². The van der Waals surface area contributed by atoms with Crippen molar-refractivity contribution in [2.75, 3.05) is 133 Å². The minimum Gasteiger partial charge on any atom is -0.508 e. The largest absolute Gasteiger partial charge is 0.508 e. The number of fused-ring (bicyclic) bond motifs is 12. The maximum absolute atomic E-state index is 12.5. The van der Waals surface area contributed by atoms with Gasteiger partial charge in [0, 0.05) is 130 Å². The van der Waals surface area contributed by atoms with E-state index in [2.05, 4.69) is 64.3 Å². The number of hydrogen-bond donors (Lipinski definition) is 14. The van der Waals surface area contributed by atoms with E-state index >= 15 is 0 Å². The quantitative estimate of drug-likeness (QED) is 0.00596. The highest BCUT2D eigenvalue weighted by atomic mass is 32.1. The van der Waals surface area contributed by atoms with Crippen LogP contribution in [0.5, 0.6) is 46.0 Å². The third-order valence-electron chi connectivity index (χ3n) is 18.6. The first-order valence-electron chi connectivity index (χ1n) is 42.0. The highest BCUT2D eigenvalue weighted by Gasteiger charge is 2.55. The van der Waals surface area contributed by atoms with E-state index in [-0.39, 0.29) is 79.5 Å². The van der Waals surface area contributed by atoms with E-state index in [0.717, 1.165) is 12.8 Å². The number of esters is 4. The predicted octanol–water partition coefficient (Wildman–Crippen LogP) is 7.12. The molecule has 0 saturated carbocycles. The number of alkyl carbamates (subject to hydrolysis) is 2. The fourth-order valence-corrected chi connectivity index (χ4v) is 12.9. The minimum atomic E-state index is -1.17. The van der Waals surface area contributed by atoms with Crippen molar-refractivity contribution in [2.45, 2.75) is 141 Å². The number of thiol groups is 1. The first-order chi connectivity index (χ1) is 62.5. The SMILES string of the molecule is CC(=O)ONS.COC(=O)CNC(=O)[C@H](CCC(=O)NCCCOCCOCCOCCCN)NC(=O)OC(C)(C)C.COC(=O)CNC(=O)[C@H](CCC(=O)NCCCOCCOCCOCCCNC(C)=O)NC(=O)OC(C)(C)C.O=C1OC2(c3ccc(O)cc3Oc3cc(O)ccc32)c2ccccc21.O=C1OC2(c3ccc(O)cc3Oc3cc(O)ccc32)c2ccccc21. The number of amides is 7. The van der Waals surface area contributed by atoms with E-state index in [0.29, 0.717) is 186 Å². The molecule has 716 valence electrons. The zero-order chi connectivity index (χ0) is 96.1.